The Labute approximate surface area is 133 Å². The largest absolute Gasteiger partial charge is 0.300 e. The topological polar surface area (TPSA) is 20.3 Å². The van der Waals surface area contributed by atoms with E-state index in [1.807, 2.05) is 54.6 Å². The minimum absolute atomic E-state index is 0.0465. The molecular formula is C20H23NO. The van der Waals surface area contributed by atoms with Crippen LogP contribution in [-0.4, -0.2) is 23.8 Å². The van der Waals surface area contributed by atoms with E-state index >= 15 is 0 Å². The molecule has 0 unspecified atom stereocenters. The van der Waals surface area contributed by atoms with Crippen LogP contribution >= 0.6 is 0 Å². The smallest absolute Gasteiger partial charge is 0.185 e. The fourth-order valence-electron chi connectivity index (χ4n) is 2.36. The van der Waals surface area contributed by atoms with Gasteiger partial charge < -0.3 is 0 Å². The predicted octanol–water partition coefficient (Wildman–Crippen LogP) is 4.42. The van der Waals surface area contributed by atoms with Gasteiger partial charge in [0, 0.05) is 12.1 Å². The average Bonchev–Trinajstić information content (AvgIpc) is 2.58. The lowest BCUT2D eigenvalue weighted by Crippen LogP contribution is -2.22. The molecule has 0 atom stereocenters. The van der Waals surface area contributed by atoms with Crippen molar-refractivity contribution >= 4 is 11.9 Å². The molecule has 2 aromatic rings. The van der Waals surface area contributed by atoms with Crippen LogP contribution in [0.15, 0.2) is 60.7 Å². The summed E-state index contributed by atoms with van der Waals surface area (Å²) in [6.07, 6.45) is 3.51. The van der Waals surface area contributed by atoms with Gasteiger partial charge in [0.15, 0.2) is 5.78 Å². The molecule has 0 aromatic heterocycles. The molecule has 0 fully saturated rings. The Morgan fingerprint density at radius 3 is 2.41 bits per heavy atom. The number of ketones is 1. The lowest BCUT2D eigenvalue weighted by molar-refractivity contribution is 0.104. The van der Waals surface area contributed by atoms with Crippen LogP contribution in [-0.2, 0) is 6.54 Å². The monoisotopic (exact) mass is 293 g/mol. The minimum Gasteiger partial charge on any atom is -0.300 e. The van der Waals surface area contributed by atoms with Crippen LogP contribution in [0.25, 0.3) is 6.08 Å². The Balaban J connectivity index is 2.08. The van der Waals surface area contributed by atoms with Gasteiger partial charge in [0.05, 0.1) is 0 Å². The van der Waals surface area contributed by atoms with Crippen molar-refractivity contribution in [3.8, 4) is 0 Å². The predicted molar refractivity (Wildman–Crippen MR) is 92.9 cm³/mol. The minimum atomic E-state index is 0.0465. The van der Waals surface area contributed by atoms with Crippen LogP contribution < -0.4 is 0 Å². The number of hydrogen-bond acceptors (Lipinski definition) is 2. The summed E-state index contributed by atoms with van der Waals surface area (Å²) in [5.74, 6) is 0.0465. The standard InChI is InChI=1S/C20H23NO/c1-3-21(4-2)16-18-11-8-12-19(15-18)20(22)14-13-17-9-6-5-7-10-17/h5-15H,3-4,16H2,1-2H3/b14-13+. The Kier molecular flexibility index (Phi) is 6.11. The summed E-state index contributed by atoms with van der Waals surface area (Å²) in [7, 11) is 0. The lowest BCUT2D eigenvalue weighted by Gasteiger charge is -2.18. The first-order valence-corrected chi connectivity index (χ1v) is 7.81. The van der Waals surface area contributed by atoms with Crippen molar-refractivity contribution in [2.24, 2.45) is 0 Å². The number of carbonyl (C=O) groups excluding carboxylic acids is 1. The Bertz CT molecular complexity index is 627. The Hall–Kier alpha value is -2.19. The first kappa shape index (κ1) is 16.2. The van der Waals surface area contributed by atoms with Gasteiger partial charge in [-0.1, -0.05) is 68.5 Å². The quantitative estimate of drug-likeness (QED) is 0.556. The highest BCUT2D eigenvalue weighted by Gasteiger charge is 2.05. The lowest BCUT2D eigenvalue weighted by atomic mass is 10.1. The summed E-state index contributed by atoms with van der Waals surface area (Å²) in [6.45, 7) is 7.23. The highest BCUT2D eigenvalue weighted by molar-refractivity contribution is 6.06. The Morgan fingerprint density at radius 1 is 1.00 bits per heavy atom. The van der Waals surface area contributed by atoms with Crippen LogP contribution in [0.5, 0.6) is 0 Å². The fourth-order valence-corrected chi connectivity index (χ4v) is 2.36. The van der Waals surface area contributed by atoms with Gasteiger partial charge in [-0.2, -0.15) is 0 Å². The van der Waals surface area contributed by atoms with Crippen molar-refractivity contribution in [3.05, 3.63) is 77.4 Å². The van der Waals surface area contributed by atoms with Crippen molar-refractivity contribution in [2.75, 3.05) is 13.1 Å². The first-order chi connectivity index (χ1) is 10.7. The second-order valence-corrected chi connectivity index (χ2v) is 5.27. The molecule has 2 rings (SSSR count). The fraction of sp³-hybridized carbons (Fsp3) is 0.250. The molecule has 0 spiro atoms. The zero-order chi connectivity index (χ0) is 15.8. The van der Waals surface area contributed by atoms with Crippen molar-refractivity contribution in [1.29, 1.82) is 0 Å². The summed E-state index contributed by atoms with van der Waals surface area (Å²) in [4.78, 5) is 14.6. The number of allylic oxidation sites excluding steroid dienone is 1. The maximum Gasteiger partial charge on any atom is 0.185 e. The zero-order valence-electron chi connectivity index (χ0n) is 13.3. The van der Waals surface area contributed by atoms with Gasteiger partial charge in [-0.15, -0.1) is 0 Å². The van der Waals surface area contributed by atoms with Gasteiger partial charge in [-0.3, -0.25) is 9.69 Å². The molecule has 0 aliphatic carbocycles. The number of nitrogens with zero attached hydrogens (tertiary/aromatic N) is 1. The van der Waals surface area contributed by atoms with Crippen LogP contribution in [0.3, 0.4) is 0 Å². The molecule has 0 heterocycles. The van der Waals surface area contributed by atoms with Gasteiger partial charge in [0.2, 0.25) is 0 Å². The van der Waals surface area contributed by atoms with Crippen LogP contribution in [0.2, 0.25) is 0 Å². The molecule has 114 valence electrons. The molecule has 0 amide bonds. The van der Waals surface area contributed by atoms with Gasteiger partial charge in [-0.25, -0.2) is 0 Å². The summed E-state index contributed by atoms with van der Waals surface area (Å²) in [6, 6.07) is 17.8. The molecule has 0 aliphatic heterocycles. The zero-order valence-corrected chi connectivity index (χ0v) is 13.3. The van der Waals surface area contributed by atoms with E-state index in [9.17, 15) is 4.79 Å². The summed E-state index contributed by atoms with van der Waals surface area (Å²) in [5, 5.41) is 0. The average molecular weight is 293 g/mol. The van der Waals surface area contributed by atoms with E-state index in [-0.39, 0.29) is 5.78 Å². The van der Waals surface area contributed by atoms with E-state index in [1.165, 1.54) is 5.56 Å². The number of rotatable bonds is 7. The second-order valence-electron chi connectivity index (χ2n) is 5.27. The third kappa shape index (κ3) is 4.68. The molecular weight excluding hydrogens is 270 g/mol. The molecule has 0 saturated heterocycles. The molecule has 22 heavy (non-hydrogen) atoms. The van der Waals surface area contributed by atoms with E-state index in [0.29, 0.717) is 0 Å². The first-order valence-electron chi connectivity index (χ1n) is 7.81. The third-order valence-electron chi connectivity index (χ3n) is 3.74. The van der Waals surface area contributed by atoms with E-state index in [2.05, 4.69) is 24.8 Å². The maximum atomic E-state index is 12.3. The van der Waals surface area contributed by atoms with E-state index in [1.54, 1.807) is 6.08 Å². The van der Waals surface area contributed by atoms with E-state index in [0.717, 1.165) is 30.8 Å². The second kappa shape index (κ2) is 8.30. The summed E-state index contributed by atoms with van der Waals surface area (Å²) < 4.78 is 0. The number of benzene rings is 2. The van der Waals surface area contributed by atoms with Crippen LogP contribution in [0.4, 0.5) is 0 Å². The highest BCUT2D eigenvalue weighted by atomic mass is 16.1. The molecule has 2 nitrogen and oxygen atoms in total. The summed E-state index contributed by atoms with van der Waals surface area (Å²) >= 11 is 0. The molecule has 0 aliphatic rings. The normalized spacial score (nSPS) is 11.2. The highest BCUT2D eigenvalue weighted by Crippen LogP contribution is 2.11. The molecule has 2 heteroatoms. The molecule has 2 aromatic carbocycles. The van der Waals surface area contributed by atoms with E-state index in [4.69, 9.17) is 0 Å². The van der Waals surface area contributed by atoms with Gasteiger partial charge in [0.1, 0.15) is 0 Å². The van der Waals surface area contributed by atoms with Crippen LogP contribution in [0.1, 0.15) is 35.3 Å². The van der Waals surface area contributed by atoms with Crippen molar-refractivity contribution in [1.82, 2.24) is 4.90 Å². The molecule has 0 saturated carbocycles. The third-order valence-corrected chi connectivity index (χ3v) is 3.74. The van der Waals surface area contributed by atoms with Gasteiger partial charge in [0.25, 0.3) is 0 Å². The van der Waals surface area contributed by atoms with Crippen molar-refractivity contribution in [2.45, 2.75) is 20.4 Å². The van der Waals surface area contributed by atoms with Crippen molar-refractivity contribution in [3.63, 3.8) is 0 Å². The summed E-state index contributed by atoms with van der Waals surface area (Å²) in [5.41, 5.74) is 2.97. The van der Waals surface area contributed by atoms with E-state index < -0.39 is 0 Å². The van der Waals surface area contributed by atoms with Gasteiger partial charge >= 0.3 is 0 Å². The maximum absolute atomic E-state index is 12.3. The molecule has 0 radical (unpaired) electrons. The number of hydrogen-bond donors (Lipinski definition) is 0. The van der Waals surface area contributed by atoms with Crippen molar-refractivity contribution < 1.29 is 4.79 Å². The SMILES string of the molecule is CCN(CC)Cc1cccc(C(=O)/C=C/c2ccccc2)c1. The molecule has 0 N–H and O–H groups in total. The van der Waals surface area contributed by atoms with Gasteiger partial charge in [-0.05, 0) is 36.4 Å². The Morgan fingerprint density at radius 2 is 1.73 bits per heavy atom. The molecule has 0 bridgehead atoms. The number of carbonyl (C=O) groups is 1. The van der Waals surface area contributed by atoms with Crippen LogP contribution in [0, 0.1) is 0 Å².